The second-order valence-electron chi connectivity index (χ2n) is 5.81. The molecule has 25 heavy (non-hydrogen) atoms. The summed E-state index contributed by atoms with van der Waals surface area (Å²) in [6.07, 6.45) is 1.81. The molecule has 1 heterocycles. The molecule has 128 valence electrons. The molecule has 0 saturated carbocycles. The first-order chi connectivity index (χ1) is 12.3. The van der Waals surface area contributed by atoms with Crippen LogP contribution >= 0.6 is 0 Å². The quantitative estimate of drug-likeness (QED) is 0.710. The summed E-state index contributed by atoms with van der Waals surface area (Å²) in [6, 6.07) is 21.5. The molecule has 1 aliphatic heterocycles. The molecular weight excluding hydrogens is 313 g/mol. The van der Waals surface area contributed by atoms with Crippen LogP contribution in [0.25, 0.3) is 22.3 Å². The van der Waals surface area contributed by atoms with Crippen molar-refractivity contribution in [2.75, 3.05) is 13.7 Å². The maximum Gasteiger partial charge on any atom is 0.130 e. The van der Waals surface area contributed by atoms with Gasteiger partial charge in [-0.05, 0) is 54.3 Å². The molecule has 0 amide bonds. The minimum Gasteiger partial charge on any atom is -0.493 e. The largest absolute Gasteiger partial charge is 0.493 e. The molecule has 3 aromatic carbocycles. The van der Waals surface area contributed by atoms with Crippen molar-refractivity contribution in [1.82, 2.24) is 0 Å². The average molecular weight is 335 g/mol. The van der Waals surface area contributed by atoms with Crippen molar-refractivity contribution < 1.29 is 9.13 Å². The molecule has 0 spiro atoms. The predicted molar refractivity (Wildman–Crippen MR) is 101 cm³/mol. The van der Waals surface area contributed by atoms with Gasteiger partial charge in [0.15, 0.2) is 0 Å². The zero-order valence-electron chi connectivity index (χ0n) is 14.3. The van der Waals surface area contributed by atoms with E-state index in [1.165, 1.54) is 7.05 Å². The van der Waals surface area contributed by atoms with Crippen molar-refractivity contribution in [2.24, 2.45) is 5.73 Å². The number of rotatable bonds is 2. The van der Waals surface area contributed by atoms with Crippen molar-refractivity contribution in [3.8, 4) is 28.0 Å². The normalized spacial score (nSPS) is 12.4. The summed E-state index contributed by atoms with van der Waals surface area (Å²) in [7, 11) is 1.50. The average Bonchev–Trinajstić information content (AvgIpc) is 2.69. The fourth-order valence-corrected chi connectivity index (χ4v) is 3.23. The van der Waals surface area contributed by atoms with Crippen molar-refractivity contribution >= 4 is 0 Å². The third kappa shape index (κ3) is 3.57. The van der Waals surface area contributed by atoms with E-state index < -0.39 is 0 Å². The molecule has 0 aromatic heterocycles. The summed E-state index contributed by atoms with van der Waals surface area (Å²) < 4.78 is 20.0. The molecular formula is C22H22FNO. The monoisotopic (exact) mass is 335 g/mol. The van der Waals surface area contributed by atoms with Crippen LogP contribution in [0.15, 0.2) is 66.7 Å². The van der Waals surface area contributed by atoms with Crippen molar-refractivity contribution in [3.05, 3.63) is 78.1 Å². The van der Waals surface area contributed by atoms with Crippen LogP contribution in [0.1, 0.15) is 12.0 Å². The minimum atomic E-state index is -0.202. The second kappa shape index (κ2) is 7.95. The van der Waals surface area contributed by atoms with Gasteiger partial charge in [-0.3, -0.25) is 0 Å². The fourth-order valence-electron chi connectivity index (χ4n) is 3.23. The summed E-state index contributed by atoms with van der Waals surface area (Å²) >= 11 is 0. The lowest BCUT2D eigenvalue weighted by atomic mass is 9.91. The Bertz CT molecular complexity index is 846. The van der Waals surface area contributed by atoms with Crippen LogP contribution in [-0.4, -0.2) is 13.7 Å². The Kier molecular flexibility index (Phi) is 5.46. The van der Waals surface area contributed by atoms with Crippen LogP contribution in [0, 0.1) is 5.82 Å². The zero-order valence-corrected chi connectivity index (χ0v) is 14.3. The molecule has 2 nitrogen and oxygen atoms in total. The van der Waals surface area contributed by atoms with E-state index in [9.17, 15) is 4.39 Å². The Morgan fingerprint density at radius 3 is 2.28 bits per heavy atom. The Morgan fingerprint density at radius 1 is 0.840 bits per heavy atom. The topological polar surface area (TPSA) is 35.2 Å². The van der Waals surface area contributed by atoms with Gasteiger partial charge in [-0.1, -0.05) is 54.6 Å². The number of hydrogen-bond donors (Lipinski definition) is 1. The Morgan fingerprint density at radius 2 is 1.52 bits per heavy atom. The summed E-state index contributed by atoms with van der Waals surface area (Å²) in [5.41, 5.74) is 9.54. The summed E-state index contributed by atoms with van der Waals surface area (Å²) in [6.45, 7) is 0.694. The molecule has 0 fully saturated rings. The molecule has 2 N–H and O–H groups in total. The lowest BCUT2D eigenvalue weighted by Crippen LogP contribution is -2.10. The molecule has 1 aliphatic rings. The lowest BCUT2D eigenvalue weighted by molar-refractivity contribution is 0.289. The Balaban J connectivity index is 0.000000880. The van der Waals surface area contributed by atoms with Gasteiger partial charge in [-0.15, -0.1) is 0 Å². The van der Waals surface area contributed by atoms with E-state index in [1.54, 1.807) is 12.1 Å². The highest BCUT2D eigenvalue weighted by atomic mass is 19.1. The number of halogens is 1. The van der Waals surface area contributed by atoms with E-state index >= 15 is 0 Å². The minimum absolute atomic E-state index is 0.202. The highest BCUT2D eigenvalue weighted by Gasteiger charge is 2.19. The number of aryl methyl sites for hydroxylation is 1. The Labute approximate surface area is 148 Å². The van der Waals surface area contributed by atoms with Crippen LogP contribution in [-0.2, 0) is 6.42 Å². The number of nitrogens with two attached hydrogens (primary N) is 1. The SMILES string of the molecule is CN.Fc1cc2c(c(-c3ccccc3-c3ccccc3)c1)OCCC2. The highest BCUT2D eigenvalue weighted by Crippen LogP contribution is 2.41. The van der Waals surface area contributed by atoms with Gasteiger partial charge in [0.2, 0.25) is 0 Å². The molecule has 3 heteroatoms. The fraction of sp³-hybridized carbons (Fsp3) is 0.182. The first kappa shape index (κ1) is 17.2. The molecule has 0 radical (unpaired) electrons. The van der Waals surface area contributed by atoms with Crippen molar-refractivity contribution in [1.29, 1.82) is 0 Å². The van der Waals surface area contributed by atoms with Crippen LogP contribution in [0.5, 0.6) is 5.75 Å². The van der Waals surface area contributed by atoms with Crippen LogP contribution < -0.4 is 10.5 Å². The van der Waals surface area contributed by atoms with Gasteiger partial charge >= 0.3 is 0 Å². The van der Waals surface area contributed by atoms with Crippen LogP contribution in [0.4, 0.5) is 4.39 Å². The van der Waals surface area contributed by atoms with E-state index in [-0.39, 0.29) is 5.82 Å². The zero-order chi connectivity index (χ0) is 17.6. The molecule has 0 unspecified atom stereocenters. The van der Waals surface area contributed by atoms with Gasteiger partial charge in [0.05, 0.1) is 6.61 Å². The summed E-state index contributed by atoms with van der Waals surface area (Å²) in [5.74, 6) is 0.633. The number of benzene rings is 3. The van der Waals surface area contributed by atoms with Crippen molar-refractivity contribution in [2.45, 2.75) is 12.8 Å². The third-order valence-corrected chi connectivity index (χ3v) is 4.27. The van der Waals surface area contributed by atoms with E-state index in [0.717, 1.165) is 46.4 Å². The number of hydrogen-bond acceptors (Lipinski definition) is 2. The molecule has 0 saturated heterocycles. The number of fused-ring (bicyclic) bond motifs is 1. The van der Waals surface area contributed by atoms with Gasteiger partial charge in [-0.25, -0.2) is 4.39 Å². The molecule has 0 atom stereocenters. The highest BCUT2D eigenvalue weighted by molar-refractivity contribution is 5.86. The predicted octanol–water partition coefficient (Wildman–Crippen LogP) is 5.06. The maximum atomic E-state index is 14.1. The molecule has 0 aliphatic carbocycles. The van der Waals surface area contributed by atoms with Gasteiger partial charge in [0.25, 0.3) is 0 Å². The van der Waals surface area contributed by atoms with Gasteiger partial charge < -0.3 is 10.5 Å². The summed E-state index contributed by atoms with van der Waals surface area (Å²) in [5, 5.41) is 0. The van der Waals surface area contributed by atoms with Crippen LogP contribution in [0.2, 0.25) is 0 Å². The third-order valence-electron chi connectivity index (χ3n) is 4.27. The van der Waals surface area contributed by atoms with Crippen molar-refractivity contribution in [3.63, 3.8) is 0 Å². The Hall–Kier alpha value is -2.65. The number of ether oxygens (including phenoxy) is 1. The standard InChI is InChI=1S/C21H17FO.CH5N/c22-17-13-16-9-6-12-23-21(16)20(14-17)19-11-5-4-10-18(19)15-7-2-1-3-8-15;1-2/h1-5,7-8,10-11,13-14H,6,9,12H2;2H2,1H3. The van der Waals surface area contributed by atoms with E-state index in [2.05, 4.69) is 23.9 Å². The van der Waals surface area contributed by atoms with Gasteiger partial charge in [-0.2, -0.15) is 0 Å². The van der Waals surface area contributed by atoms with Crippen LogP contribution in [0.3, 0.4) is 0 Å². The van der Waals surface area contributed by atoms with E-state index in [1.807, 2.05) is 36.4 Å². The molecule has 0 bridgehead atoms. The summed E-state index contributed by atoms with van der Waals surface area (Å²) in [4.78, 5) is 0. The molecule has 4 rings (SSSR count). The first-order valence-corrected chi connectivity index (χ1v) is 8.51. The lowest BCUT2D eigenvalue weighted by Gasteiger charge is -2.22. The van der Waals surface area contributed by atoms with E-state index in [0.29, 0.717) is 6.61 Å². The maximum absolute atomic E-state index is 14.1. The second-order valence-corrected chi connectivity index (χ2v) is 5.81. The van der Waals surface area contributed by atoms with Gasteiger partial charge in [0.1, 0.15) is 11.6 Å². The smallest absolute Gasteiger partial charge is 0.130 e. The van der Waals surface area contributed by atoms with E-state index in [4.69, 9.17) is 4.74 Å². The molecule has 3 aromatic rings. The van der Waals surface area contributed by atoms with Gasteiger partial charge in [0, 0.05) is 5.56 Å². The first-order valence-electron chi connectivity index (χ1n) is 8.51.